The second-order valence-corrected chi connectivity index (χ2v) is 7.77. The van der Waals surface area contributed by atoms with E-state index in [1.54, 1.807) is 0 Å². The van der Waals surface area contributed by atoms with Crippen LogP contribution in [-0.2, 0) is 14.3 Å². The van der Waals surface area contributed by atoms with Crippen LogP contribution in [0.4, 0.5) is 8.78 Å². The van der Waals surface area contributed by atoms with Gasteiger partial charge >= 0.3 is 11.9 Å². The SMILES string of the molecule is CCCCCCCCCCCCCCCOC(=O)/C=C/C(=O)Oc1cc(F)cc(F)c1. The summed E-state index contributed by atoms with van der Waals surface area (Å²) in [6.07, 6.45) is 17.9. The van der Waals surface area contributed by atoms with Crippen molar-refractivity contribution in [3.05, 3.63) is 42.0 Å². The van der Waals surface area contributed by atoms with Gasteiger partial charge in [0.1, 0.15) is 17.4 Å². The number of hydrogen-bond donors (Lipinski definition) is 0. The Hall–Kier alpha value is -2.24. The highest BCUT2D eigenvalue weighted by molar-refractivity contribution is 5.92. The molecule has 1 aromatic carbocycles. The molecule has 174 valence electrons. The van der Waals surface area contributed by atoms with Crippen molar-refractivity contribution in [2.24, 2.45) is 0 Å². The van der Waals surface area contributed by atoms with Gasteiger partial charge < -0.3 is 9.47 Å². The number of benzene rings is 1. The van der Waals surface area contributed by atoms with E-state index in [2.05, 4.69) is 6.92 Å². The van der Waals surface area contributed by atoms with Crippen LogP contribution >= 0.6 is 0 Å². The van der Waals surface area contributed by atoms with Crippen molar-refractivity contribution in [3.8, 4) is 5.75 Å². The van der Waals surface area contributed by atoms with Crippen LogP contribution in [0.15, 0.2) is 30.4 Å². The van der Waals surface area contributed by atoms with Crippen molar-refractivity contribution in [2.45, 2.75) is 90.4 Å². The highest BCUT2D eigenvalue weighted by atomic mass is 19.1. The fourth-order valence-corrected chi connectivity index (χ4v) is 3.21. The molecule has 0 atom stereocenters. The Morgan fingerprint density at radius 2 is 1.16 bits per heavy atom. The molecule has 0 saturated carbocycles. The Morgan fingerprint density at radius 1 is 0.710 bits per heavy atom. The summed E-state index contributed by atoms with van der Waals surface area (Å²) in [6, 6.07) is 2.42. The lowest BCUT2D eigenvalue weighted by Gasteiger charge is -2.04. The third kappa shape index (κ3) is 15.2. The van der Waals surface area contributed by atoms with Gasteiger partial charge in [-0.05, 0) is 6.42 Å². The minimum Gasteiger partial charge on any atom is -0.463 e. The zero-order valence-electron chi connectivity index (χ0n) is 18.7. The van der Waals surface area contributed by atoms with Gasteiger partial charge in [-0.3, -0.25) is 0 Å². The molecule has 0 N–H and O–H groups in total. The summed E-state index contributed by atoms with van der Waals surface area (Å²) in [6.45, 7) is 2.54. The second kappa shape index (κ2) is 17.4. The predicted octanol–water partition coefficient (Wildman–Crippen LogP) is 7.06. The number of esters is 2. The van der Waals surface area contributed by atoms with Gasteiger partial charge in [0.05, 0.1) is 6.61 Å². The molecule has 0 heterocycles. The van der Waals surface area contributed by atoms with Crippen molar-refractivity contribution >= 4 is 11.9 Å². The van der Waals surface area contributed by atoms with E-state index in [4.69, 9.17) is 9.47 Å². The molecule has 0 aliphatic rings. The van der Waals surface area contributed by atoms with E-state index in [1.165, 1.54) is 64.2 Å². The molecule has 31 heavy (non-hydrogen) atoms. The van der Waals surface area contributed by atoms with E-state index in [0.29, 0.717) is 12.7 Å². The van der Waals surface area contributed by atoms with Crippen LogP contribution < -0.4 is 4.74 Å². The van der Waals surface area contributed by atoms with Crippen molar-refractivity contribution in [1.29, 1.82) is 0 Å². The average molecular weight is 439 g/mol. The first-order chi connectivity index (χ1) is 15.0. The van der Waals surface area contributed by atoms with Crippen molar-refractivity contribution < 1.29 is 27.8 Å². The molecule has 0 fully saturated rings. The van der Waals surface area contributed by atoms with E-state index >= 15 is 0 Å². The lowest BCUT2D eigenvalue weighted by Crippen LogP contribution is -2.07. The van der Waals surface area contributed by atoms with Crippen molar-refractivity contribution in [1.82, 2.24) is 0 Å². The molecule has 1 aromatic rings. The molecule has 0 aromatic heterocycles. The third-order valence-corrected chi connectivity index (χ3v) is 4.90. The fourth-order valence-electron chi connectivity index (χ4n) is 3.21. The molecular weight excluding hydrogens is 402 g/mol. The van der Waals surface area contributed by atoms with Gasteiger partial charge in [-0.2, -0.15) is 0 Å². The molecule has 0 aliphatic carbocycles. The smallest absolute Gasteiger partial charge is 0.336 e. The molecule has 0 saturated heterocycles. The maximum atomic E-state index is 13.0. The lowest BCUT2D eigenvalue weighted by atomic mass is 10.0. The molecule has 0 radical (unpaired) electrons. The van der Waals surface area contributed by atoms with Gasteiger partial charge in [0, 0.05) is 30.4 Å². The number of hydrogen-bond acceptors (Lipinski definition) is 4. The van der Waals surface area contributed by atoms with Crippen LogP contribution in [-0.4, -0.2) is 18.5 Å². The molecule has 4 nitrogen and oxygen atoms in total. The Bertz CT molecular complexity index is 653. The van der Waals surface area contributed by atoms with E-state index in [9.17, 15) is 18.4 Å². The first-order valence-electron chi connectivity index (χ1n) is 11.5. The number of carbonyl (C=O) groups excluding carboxylic acids is 2. The number of ether oxygens (including phenoxy) is 2. The first kappa shape index (κ1) is 26.8. The summed E-state index contributed by atoms with van der Waals surface area (Å²) in [5.74, 6) is -3.55. The topological polar surface area (TPSA) is 52.6 Å². The summed E-state index contributed by atoms with van der Waals surface area (Å²) in [5.41, 5.74) is 0. The van der Waals surface area contributed by atoms with Gasteiger partial charge in [-0.15, -0.1) is 0 Å². The van der Waals surface area contributed by atoms with Crippen molar-refractivity contribution in [3.63, 3.8) is 0 Å². The summed E-state index contributed by atoms with van der Waals surface area (Å²) in [4.78, 5) is 23.2. The number of rotatable bonds is 17. The van der Waals surface area contributed by atoms with E-state index < -0.39 is 23.6 Å². The maximum Gasteiger partial charge on any atom is 0.336 e. The number of unbranched alkanes of at least 4 members (excludes halogenated alkanes) is 12. The molecule has 0 amide bonds. The molecule has 0 bridgehead atoms. The molecular formula is C25H36F2O4. The van der Waals surface area contributed by atoms with Crippen LogP contribution in [0.25, 0.3) is 0 Å². The second-order valence-electron chi connectivity index (χ2n) is 7.77. The summed E-state index contributed by atoms with van der Waals surface area (Å²) >= 11 is 0. The van der Waals surface area contributed by atoms with Crippen LogP contribution in [0.2, 0.25) is 0 Å². The van der Waals surface area contributed by atoms with Crippen LogP contribution in [0.5, 0.6) is 5.75 Å². The van der Waals surface area contributed by atoms with Gasteiger partial charge in [0.25, 0.3) is 0 Å². The predicted molar refractivity (Wildman–Crippen MR) is 118 cm³/mol. The number of halogens is 2. The van der Waals surface area contributed by atoms with Gasteiger partial charge in [0.2, 0.25) is 0 Å². The summed E-state index contributed by atoms with van der Waals surface area (Å²) in [5, 5.41) is 0. The monoisotopic (exact) mass is 438 g/mol. The Labute approximate surface area is 185 Å². The third-order valence-electron chi connectivity index (χ3n) is 4.90. The van der Waals surface area contributed by atoms with Crippen LogP contribution in [0, 0.1) is 11.6 Å². The Kier molecular flexibility index (Phi) is 15.1. The first-order valence-corrected chi connectivity index (χ1v) is 11.5. The van der Waals surface area contributed by atoms with E-state index in [-0.39, 0.29) is 5.75 Å². The lowest BCUT2D eigenvalue weighted by molar-refractivity contribution is -0.138. The fraction of sp³-hybridized carbons (Fsp3) is 0.600. The maximum absolute atomic E-state index is 13.0. The molecule has 0 aliphatic heterocycles. The van der Waals surface area contributed by atoms with Gasteiger partial charge in [0.15, 0.2) is 0 Å². The quantitative estimate of drug-likeness (QED) is 0.113. The van der Waals surface area contributed by atoms with Gasteiger partial charge in [-0.1, -0.05) is 84.0 Å². The standard InChI is InChI=1S/C25H36F2O4/c1-2-3-4-5-6-7-8-9-10-11-12-13-14-17-30-24(28)15-16-25(29)31-23-19-21(26)18-22(27)20-23/h15-16,18-20H,2-14,17H2,1H3/b16-15+. The van der Waals surface area contributed by atoms with Gasteiger partial charge in [-0.25, -0.2) is 18.4 Å². The number of carbonyl (C=O) groups is 2. The van der Waals surface area contributed by atoms with Crippen LogP contribution in [0.3, 0.4) is 0 Å². The van der Waals surface area contributed by atoms with Crippen molar-refractivity contribution in [2.75, 3.05) is 6.61 Å². The van der Waals surface area contributed by atoms with Crippen LogP contribution in [0.1, 0.15) is 90.4 Å². The Morgan fingerprint density at radius 3 is 1.68 bits per heavy atom. The molecule has 0 unspecified atom stereocenters. The average Bonchev–Trinajstić information content (AvgIpc) is 2.71. The highest BCUT2D eigenvalue weighted by Gasteiger charge is 2.06. The minimum atomic E-state index is -0.914. The minimum absolute atomic E-state index is 0.271. The zero-order chi connectivity index (χ0) is 22.7. The normalized spacial score (nSPS) is 11.1. The highest BCUT2D eigenvalue weighted by Crippen LogP contribution is 2.15. The zero-order valence-corrected chi connectivity index (χ0v) is 18.7. The van der Waals surface area contributed by atoms with E-state index in [1.807, 2.05) is 0 Å². The molecule has 1 rings (SSSR count). The summed E-state index contributed by atoms with van der Waals surface area (Å²) < 4.78 is 35.8. The Balaban J connectivity index is 1.98. The molecule has 6 heteroatoms. The summed E-state index contributed by atoms with van der Waals surface area (Å²) in [7, 11) is 0. The largest absolute Gasteiger partial charge is 0.463 e. The molecule has 0 spiro atoms. The van der Waals surface area contributed by atoms with E-state index in [0.717, 1.165) is 43.5 Å².